The Morgan fingerprint density at radius 2 is 2.21 bits per heavy atom. The van der Waals surface area contributed by atoms with E-state index in [1.54, 1.807) is 0 Å². The highest BCUT2D eigenvalue weighted by molar-refractivity contribution is 7.92. The highest BCUT2D eigenvalue weighted by Crippen LogP contribution is 2.16. The minimum absolute atomic E-state index is 0.0507. The van der Waals surface area contributed by atoms with Crippen molar-refractivity contribution in [3.63, 3.8) is 0 Å². The summed E-state index contributed by atoms with van der Waals surface area (Å²) < 4.78 is 40.5. The van der Waals surface area contributed by atoms with Gasteiger partial charge in [0.15, 0.2) is 0 Å². The summed E-state index contributed by atoms with van der Waals surface area (Å²) in [5.74, 6) is -0.531. The molecular formula is C11H12FN3O3S. The van der Waals surface area contributed by atoms with E-state index in [0.717, 1.165) is 12.3 Å². The minimum Gasteiger partial charge on any atom is -0.394 e. The molecule has 102 valence electrons. The van der Waals surface area contributed by atoms with Gasteiger partial charge in [0.05, 0.1) is 25.0 Å². The number of benzene rings is 1. The van der Waals surface area contributed by atoms with Crippen LogP contribution in [-0.2, 0) is 16.6 Å². The molecule has 8 heteroatoms. The number of aromatic nitrogens is 2. The quantitative estimate of drug-likeness (QED) is 0.851. The Bertz CT molecular complexity index is 669. The summed E-state index contributed by atoms with van der Waals surface area (Å²) in [6.07, 6.45) is 2.45. The Kier molecular flexibility index (Phi) is 3.82. The van der Waals surface area contributed by atoms with Gasteiger partial charge in [0.2, 0.25) is 0 Å². The summed E-state index contributed by atoms with van der Waals surface area (Å²) in [6.45, 7) is 0.0635. The van der Waals surface area contributed by atoms with Crippen LogP contribution < -0.4 is 4.72 Å². The predicted molar refractivity (Wildman–Crippen MR) is 66.5 cm³/mol. The van der Waals surface area contributed by atoms with Crippen LogP contribution in [0.5, 0.6) is 0 Å². The SMILES string of the molecule is O=S(=O)(Nc1cccc(F)c1)c1cnn(CCO)c1. The van der Waals surface area contributed by atoms with Crippen LogP contribution >= 0.6 is 0 Å². The van der Waals surface area contributed by atoms with Crippen molar-refractivity contribution >= 4 is 15.7 Å². The molecule has 0 bridgehead atoms. The third-order valence-electron chi connectivity index (χ3n) is 2.33. The van der Waals surface area contributed by atoms with Crippen LogP contribution in [0.25, 0.3) is 0 Å². The number of aliphatic hydroxyl groups excluding tert-OH is 1. The first-order valence-corrected chi connectivity index (χ1v) is 6.91. The number of aliphatic hydroxyl groups is 1. The summed E-state index contributed by atoms with van der Waals surface area (Å²) >= 11 is 0. The van der Waals surface area contributed by atoms with E-state index < -0.39 is 15.8 Å². The molecule has 0 aliphatic carbocycles. The summed E-state index contributed by atoms with van der Waals surface area (Å²) in [4.78, 5) is -0.0507. The fourth-order valence-electron chi connectivity index (χ4n) is 1.47. The molecule has 2 N–H and O–H groups in total. The van der Waals surface area contributed by atoms with E-state index in [9.17, 15) is 12.8 Å². The van der Waals surface area contributed by atoms with E-state index in [1.807, 2.05) is 0 Å². The first-order chi connectivity index (χ1) is 9.01. The van der Waals surface area contributed by atoms with Crippen molar-refractivity contribution in [1.82, 2.24) is 9.78 Å². The van der Waals surface area contributed by atoms with Crippen molar-refractivity contribution in [2.75, 3.05) is 11.3 Å². The van der Waals surface area contributed by atoms with Crippen LogP contribution in [0.15, 0.2) is 41.6 Å². The Morgan fingerprint density at radius 3 is 2.89 bits per heavy atom. The zero-order chi connectivity index (χ0) is 13.9. The summed E-state index contributed by atoms with van der Waals surface area (Å²) in [5.41, 5.74) is 0.134. The summed E-state index contributed by atoms with van der Waals surface area (Å²) in [6, 6.07) is 5.15. The van der Waals surface area contributed by atoms with Crippen LogP contribution in [0.2, 0.25) is 0 Å². The van der Waals surface area contributed by atoms with Gasteiger partial charge in [-0.3, -0.25) is 9.40 Å². The van der Waals surface area contributed by atoms with Gasteiger partial charge in [0, 0.05) is 6.20 Å². The van der Waals surface area contributed by atoms with E-state index >= 15 is 0 Å². The maximum absolute atomic E-state index is 13.0. The van der Waals surface area contributed by atoms with Gasteiger partial charge in [-0.15, -0.1) is 0 Å². The standard InChI is InChI=1S/C11H12FN3O3S/c12-9-2-1-3-10(6-9)14-19(17,18)11-7-13-15(8-11)4-5-16/h1-3,6-8,14,16H,4-5H2. The van der Waals surface area contributed by atoms with E-state index in [4.69, 9.17) is 5.11 Å². The topological polar surface area (TPSA) is 84.2 Å². The lowest BCUT2D eigenvalue weighted by Gasteiger charge is -2.05. The normalized spacial score (nSPS) is 11.5. The molecule has 1 heterocycles. The van der Waals surface area contributed by atoms with Gasteiger partial charge in [-0.05, 0) is 18.2 Å². The largest absolute Gasteiger partial charge is 0.394 e. The van der Waals surface area contributed by atoms with Gasteiger partial charge in [0.1, 0.15) is 10.7 Å². The lowest BCUT2D eigenvalue weighted by Crippen LogP contribution is -2.12. The van der Waals surface area contributed by atoms with Gasteiger partial charge < -0.3 is 5.11 Å². The molecule has 0 saturated carbocycles. The molecule has 2 rings (SSSR count). The van der Waals surface area contributed by atoms with Crippen molar-refractivity contribution < 1.29 is 17.9 Å². The van der Waals surface area contributed by atoms with E-state index in [0.29, 0.717) is 0 Å². The van der Waals surface area contributed by atoms with Crippen molar-refractivity contribution in [3.8, 4) is 0 Å². The number of nitrogens with one attached hydrogen (secondary N) is 1. The fourth-order valence-corrected chi connectivity index (χ4v) is 2.48. The Labute approximate surface area is 109 Å². The van der Waals surface area contributed by atoms with Crippen LogP contribution in [0.3, 0.4) is 0 Å². The zero-order valence-electron chi connectivity index (χ0n) is 9.82. The number of rotatable bonds is 5. The molecule has 1 aromatic carbocycles. The number of anilines is 1. The Morgan fingerprint density at radius 1 is 1.42 bits per heavy atom. The number of sulfonamides is 1. The number of halogens is 1. The fraction of sp³-hybridized carbons (Fsp3) is 0.182. The van der Waals surface area contributed by atoms with Gasteiger partial charge in [0.25, 0.3) is 10.0 Å². The lowest BCUT2D eigenvalue weighted by atomic mass is 10.3. The average molecular weight is 285 g/mol. The predicted octanol–water partition coefficient (Wildman–Crippen LogP) is 0.815. The molecule has 0 radical (unpaired) electrons. The Hall–Kier alpha value is -1.93. The number of nitrogens with zero attached hydrogens (tertiary/aromatic N) is 2. The second-order valence-electron chi connectivity index (χ2n) is 3.78. The minimum atomic E-state index is -3.81. The first-order valence-electron chi connectivity index (χ1n) is 5.43. The molecule has 0 saturated heterocycles. The second kappa shape index (κ2) is 5.37. The van der Waals surface area contributed by atoms with Crippen LogP contribution in [0.4, 0.5) is 10.1 Å². The Balaban J connectivity index is 2.22. The van der Waals surface area contributed by atoms with Crippen molar-refractivity contribution in [2.45, 2.75) is 11.4 Å². The van der Waals surface area contributed by atoms with E-state index in [2.05, 4.69) is 9.82 Å². The molecule has 1 aromatic heterocycles. The monoisotopic (exact) mass is 285 g/mol. The molecular weight excluding hydrogens is 273 g/mol. The van der Waals surface area contributed by atoms with Crippen molar-refractivity contribution in [2.24, 2.45) is 0 Å². The third kappa shape index (κ3) is 3.30. The van der Waals surface area contributed by atoms with Crippen LogP contribution in [0, 0.1) is 5.82 Å². The third-order valence-corrected chi connectivity index (χ3v) is 3.66. The molecule has 0 atom stereocenters. The molecule has 6 nitrogen and oxygen atoms in total. The van der Waals surface area contributed by atoms with E-state index in [1.165, 1.54) is 29.1 Å². The second-order valence-corrected chi connectivity index (χ2v) is 5.46. The van der Waals surface area contributed by atoms with Crippen LogP contribution in [0.1, 0.15) is 0 Å². The molecule has 0 amide bonds. The highest BCUT2D eigenvalue weighted by atomic mass is 32.2. The zero-order valence-corrected chi connectivity index (χ0v) is 10.6. The molecule has 19 heavy (non-hydrogen) atoms. The summed E-state index contributed by atoms with van der Waals surface area (Å²) in [7, 11) is -3.81. The van der Waals surface area contributed by atoms with Gasteiger partial charge in [-0.1, -0.05) is 6.07 Å². The average Bonchev–Trinajstić information content (AvgIpc) is 2.78. The smallest absolute Gasteiger partial charge is 0.265 e. The molecule has 0 aliphatic rings. The lowest BCUT2D eigenvalue weighted by molar-refractivity contribution is 0.269. The molecule has 0 aliphatic heterocycles. The van der Waals surface area contributed by atoms with Crippen LogP contribution in [-0.4, -0.2) is 29.9 Å². The number of hydrogen-bond donors (Lipinski definition) is 2. The maximum atomic E-state index is 13.0. The van der Waals surface area contributed by atoms with Crippen molar-refractivity contribution in [3.05, 3.63) is 42.5 Å². The molecule has 0 spiro atoms. The number of hydrogen-bond acceptors (Lipinski definition) is 4. The van der Waals surface area contributed by atoms with Gasteiger partial charge in [-0.25, -0.2) is 12.8 Å². The molecule has 0 fully saturated rings. The highest BCUT2D eigenvalue weighted by Gasteiger charge is 2.16. The molecule has 0 unspecified atom stereocenters. The van der Waals surface area contributed by atoms with Crippen molar-refractivity contribution in [1.29, 1.82) is 0 Å². The van der Waals surface area contributed by atoms with Gasteiger partial charge in [-0.2, -0.15) is 5.10 Å². The maximum Gasteiger partial charge on any atom is 0.265 e. The molecule has 2 aromatic rings. The van der Waals surface area contributed by atoms with Gasteiger partial charge >= 0.3 is 0 Å². The summed E-state index contributed by atoms with van der Waals surface area (Å²) in [5, 5.41) is 12.5. The van der Waals surface area contributed by atoms with E-state index in [-0.39, 0.29) is 23.7 Å². The first kappa shape index (κ1) is 13.5.